The molecule has 1 aromatic rings. The Bertz CT molecular complexity index is 556. The molecule has 2 N–H and O–H groups in total. The van der Waals surface area contributed by atoms with Gasteiger partial charge >= 0.3 is 0 Å². The van der Waals surface area contributed by atoms with Crippen molar-refractivity contribution in [3.63, 3.8) is 0 Å². The van der Waals surface area contributed by atoms with E-state index in [4.69, 9.17) is 4.74 Å². The summed E-state index contributed by atoms with van der Waals surface area (Å²) in [7, 11) is -1.58. The van der Waals surface area contributed by atoms with Crippen LogP contribution < -0.4 is 14.8 Å². The van der Waals surface area contributed by atoms with E-state index in [1.807, 2.05) is 38.1 Å². The summed E-state index contributed by atoms with van der Waals surface area (Å²) in [4.78, 5) is 0. The zero-order chi connectivity index (χ0) is 16.1. The van der Waals surface area contributed by atoms with E-state index >= 15 is 0 Å². The molecule has 0 aliphatic carbocycles. The third kappa shape index (κ3) is 6.03. The molecule has 0 saturated carbocycles. The van der Waals surface area contributed by atoms with Crippen LogP contribution in [0.5, 0.6) is 5.75 Å². The van der Waals surface area contributed by atoms with Crippen molar-refractivity contribution in [2.45, 2.75) is 38.8 Å². The molecule has 0 bridgehead atoms. The Hall–Kier alpha value is -1.11. The zero-order valence-corrected chi connectivity index (χ0v) is 14.3. The first-order valence-electron chi connectivity index (χ1n) is 7.04. The maximum atomic E-state index is 11.4. The molecule has 1 aromatic carbocycles. The number of sulfonamides is 1. The van der Waals surface area contributed by atoms with Gasteiger partial charge in [0, 0.05) is 23.7 Å². The predicted molar refractivity (Wildman–Crippen MR) is 86.1 cm³/mol. The number of rotatable bonds is 8. The number of hydrogen-bond acceptors (Lipinski definition) is 4. The second-order valence-corrected chi connectivity index (χ2v) is 7.59. The van der Waals surface area contributed by atoms with Gasteiger partial charge in [-0.1, -0.05) is 25.1 Å². The molecule has 0 fully saturated rings. The van der Waals surface area contributed by atoms with E-state index in [0.717, 1.165) is 17.7 Å². The van der Waals surface area contributed by atoms with Gasteiger partial charge < -0.3 is 10.1 Å². The van der Waals surface area contributed by atoms with E-state index in [2.05, 4.69) is 17.0 Å². The largest absolute Gasteiger partial charge is 0.496 e. The van der Waals surface area contributed by atoms with Crippen LogP contribution >= 0.6 is 0 Å². The van der Waals surface area contributed by atoms with Crippen LogP contribution in [0.2, 0.25) is 0 Å². The van der Waals surface area contributed by atoms with Crippen LogP contribution in [0.1, 0.15) is 38.8 Å². The first kappa shape index (κ1) is 17.9. The fraction of sp³-hybridized carbons (Fsp3) is 0.600. The van der Waals surface area contributed by atoms with E-state index in [1.165, 1.54) is 6.26 Å². The number of methoxy groups -OCH3 is 1. The molecule has 120 valence electrons. The van der Waals surface area contributed by atoms with Gasteiger partial charge in [0.05, 0.1) is 13.4 Å². The molecule has 0 saturated heterocycles. The lowest BCUT2D eigenvalue weighted by Gasteiger charge is -2.29. The molecule has 1 unspecified atom stereocenters. The molecule has 6 heteroatoms. The average Bonchev–Trinajstić information content (AvgIpc) is 2.37. The molecule has 0 aliphatic rings. The molecule has 0 radical (unpaired) electrons. The predicted octanol–water partition coefficient (Wildman–Crippen LogP) is 2.06. The van der Waals surface area contributed by atoms with Gasteiger partial charge in [0.15, 0.2) is 0 Å². The molecule has 0 amide bonds. The maximum absolute atomic E-state index is 11.4. The van der Waals surface area contributed by atoms with E-state index in [1.54, 1.807) is 7.11 Å². The van der Waals surface area contributed by atoms with Gasteiger partial charge in [-0.3, -0.25) is 0 Å². The minimum absolute atomic E-state index is 0.113. The number of benzene rings is 1. The summed E-state index contributed by atoms with van der Waals surface area (Å²) in [6.45, 7) is 6.32. The van der Waals surface area contributed by atoms with Crippen molar-refractivity contribution in [3.8, 4) is 5.75 Å². The van der Waals surface area contributed by atoms with Gasteiger partial charge in [-0.25, -0.2) is 13.1 Å². The van der Waals surface area contributed by atoms with Crippen molar-refractivity contribution < 1.29 is 13.2 Å². The van der Waals surface area contributed by atoms with Crippen LogP contribution in [0.4, 0.5) is 0 Å². The Kier molecular flexibility index (Phi) is 6.19. The number of nitrogens with one attached hydrogen (secondary N) is 2. The average molecular weight is 314 g/mol. The lowest BCUT2D eigenvalue weighted by atomic mass is 10.0. The Morgan fingerprint density at radius 3 is 2.43 bits per heavy atom. The van der Waals surface area contributed by atoms with E-state index in [0.29, 0.717) is 6.54 Å². The van der Waals surface area contributed by atoms with E-state index < -0.39 is 15.6 Å². The highest BCUT2D eigenvalue weighted by Crippen LogP contribution is 2.27. The van der Waals surface area contributed by atoms with Crippen LogP contribution in [0, 0.1) is 0 Å². The second kappa shape index (κ2) is 7.24. The zero-order valence-electron chi connectivity index (χ0n) is 13.4. The molecule has 1 rings (SSSR count). The highest BCUT2D eigenvalue weighted by molar-refractivity contribution is 7.88. The second-order valence-electron chi connectivity index (χ2n) is 5.84. The van der Waals surface area contributed by atoms with E-state index in [9.17, 15) is 8.42 Å². The molecule has 0 heterocycles. The van der Waals surface area contributed by atoms with Gasteiger partial charge in [0.25, 0.3) is 0 Å². The summed E-state index contributed by atoms with van der Waals surface area (Å²) in [5, 5.41) is 3.42. The first-order valence-corrected chi connectivity index (χ1v) is 8.93. The fourth-order valence-electron chi connectivity index (χ4n) is 2.34. The van der Waals surface area contributed by atoms with Crippen molar-refractivity contribution >= 4 is 10.0 Å². The van der Waals surface area contributed by atoms with Crippen molar-refractivity contribution in [2.24, 2.45) is 0 Å². The number of hydrogen-bond donors (Lipinski definition) is 2. The maximum Gasteiger partial charge on any atom is 0.209 e. The molecule has 0 aliphatic heterocycles. The van der Waals surface area contributed by atoms with Crippen LogP contribution in [0.3, 0.4) is 0 Å². The van der Waals surface area contributed by atoms with Crippen molar-refractivity contribution in [1.29, 1.82) is 0 Å². The van der Waals surface area contributed by atoms with Crippen LogP contribution in [0.25, 0.3) is 0 Å². The number of para-hydroxylation sites is 1. The highest BCUT2D eigenvalue weighted by atomic mass is 32.2. The van der Waals surface area contributed by atoms with Gasteiger partial charge in [0.1, 0.15) is 5.75 Å². The highest BCUT2D eigenvalue weighted by Gasteiger charge is 2.24. The molecule has 21 heavy (non-hydrogen) atoms. The summed E-state index contributed by atoms with van der Waals surface area (Å²) < 4.78 is 30.8. The lowest BCUT2D eigenvalue weighted by molar-refractivity contribution is 0.369. The number of ether oxygens (including phenoxy) is 1. The summed E-state index contributed by atoms with van der Waals surface area (Å²) in [6, 6.07) is 7.98. The third-order valence-corrected chi connectivity index (χ3v) is 4.10. The Morgan fingerprint density at radius 2 is 1.90 bits per heavy atom. The van der Waals surface area contributed by atoms with Crippen molar-refractivity contribution in [3.05, 3.63) is 29.8 Å². The van der Waals surface area contributed by atoms with Gasteiger partial charge in [-0.15, -0.1) is 0 Å². The van der Waals surface area contributed by atoms with Crippen LogP contribution in [-0.2, 0) is 10.0 Å². The molecular weight excluding hydrogens is 288 g/mol. The molecule has 5 nitrogen and oxygen atoms in total. The van der Waals surface area contributed by atoms with Gasteiger partial charge in [-0.05, 0) is 26.3 Å². The molecule has 1 atom stereocenters. The summed E-state index contributed by atoms with van der Waals surface area (Å²) in [6.07, 6.45) is 2.06. The summed E-state index contributed by atoms with van der Waals surface area (Å²) in [5.41, 5.74) is 0.529. The normalized spacial score (nSPS) is 14.0. The lowest BCUT2D eigenvalue weighted by Crippen LogP contribution is -2.50. The molecular formula is C15H26N2O3S. The van der Waals surface area contributed by atoms with Crippen molar-refractivity contribution in [1.82, 2.24) is 10.0 Å². The Morgan fingerprint density at radius 1 is 1.29 bits per heavy atom. The SMILES string of the molecule is CCC(NCC(C)(C)NS(C)(=O)=O)c1ccccc1OC. The summed E-state index contributed by atoms with van der Waals surface area (Å²) >= 11 is 0. The van der Waals surface area contributed by atoms with Crippen LogP contribution in [-0.4, -0.2) is 33.9 Å². The van der Waals surface area contributed by atoms with Gasteiger partial charge in [0.2, 0.25) is 10.0 Å². The first-order chi connectivity index (χ1) is 9.68. The minimum atomic E-state index is -3.23. The summed E-state index contributed by atoms with van der Waals surface area (Å²) in [5.74, 6) is 0.839. The fourth-order valence-corrected chi connectivity index (χ4v) is 3.42. The van der Waals surface area contributed by atoms with Gasteiger partial charge in [-0.2, -0.15) is 0 Å². The molecule has 0 aromatic heterocycles. The smallest absolute Gasteiger partial charge is 0.209 e. The Balaban J connectivity index is 2.79. The topological polar surface area (TPSA) is 67.4 Å². The molecule has 0 spiro atoms. The van der Waals surface area contributed by atoms with Crippen molar-refractivity contribution in [2.75, 3.05) is 19.9 Å². The minimum Gasteiger partial charge on any atom is -0.496 e. The van der Waals surface area contributed by atoms with E-state index in [-0.39, 0.29) is 6.04 Å². The Labute approximate surface area is 128 Å². The standard InChI is InChI=1S/C15H26N2O3S/c1-6-13(12-9-7-8-10-14(12)20-4)16-11-15(2,3)17-21(5,18)19/h7-10,13,16-17H,6,11H2,1-5H3. The quantitative estimate of drug-likeness (QED) is 0.771. The van der Waals surface area contributed by atoms with Crippen LogP contribution in [0.15, 0.2) is 24.3 Å². The monoisotopic (exact) mass is 314 g/mol. The third-order valence-electron chi connectivity index (χ3n) is 3.17.